The van der Waals surface area contributed by atoms with E-state index < -0.39 is 0 Å². The average Bonchev–Trinajstić information content (AvgIpc) is 3.18. The van der Waals surface area contributed by atoms with Crippen LogP contribution in [0.1, 0.15) is 44.9 Å². The van der Waals surface area contributed by atoms with Gasteiger partial charge in [-0.1, -0.05) is 19.3 Å². The highest BCUT2D eigenvalue weighted by Gasteiger charge is 2.22. The number of carbonyl (C=O) groups excluding carboxylic acids is 2. The normalized spacial score (nSPS) is 16.1. The predicted molar refractivity (Wildman–Crippen MR) is 120 cm³/mol. The van der Waals surface area contributed by atoms with Gasteiger partial charge in [-0.2, -0.15) is 0 Å². The fourth-order valence-electron chi connectivity index (χ4n) is 4.53. The zero-order valence-corrected chi connectivity index (χ0v) is 18.2. The van der Waals surface area contributed by atoms with E-state index >= 15 is 0 Å². The summed E-state index contributed by atoms with van der Waals surface area (Å²) in [6, 6.07) is 5.05. The Labute approximate surface area is 186 Å². The Kier molecular flexibility index (Phi) is 7.04. The number of anilines is 1. The number of nitrogens with zero attached hydrogens (tertiary/aromatic N) is 3. The van der Waals surface area contributed by atoms with Gasteiger partial charge in [-0.05, 0) is 43.4 Å². The number of rotatable bonds is 9. The number of ether oxygens (including phenoxy) is 1. The largest absolute Gasteiger partial charge is 0.494 e. The Balaban J connectivity index is 1.31. The second-order valence-corrected chi connectivity index (χ2v) is 8.57. The summed E-state index contributed by atoms with van der Waals surface area (Å²) in [5.41, 5.74) is 0.208. The summed E-state index contributed by atoms with van der Waals surface area (Å²) < 4.78 is 7.09. The molecule has 1 aromatic carbocycles. The summed E-state index contributed by atoms with van der Waals surface area (Å²) in [7, 11) is 0. The lowest BCUT2D eigenvalue weighted by molar-refractivity contribution is -0.132. The summed E-state index contributed by atoms with van der Waals surface area (Å²) in [6.07, 6.45) is 6.93. The number of fused-ring (bicyclic) bond motifs is 2. The molecule has 172 valence electrons. The maximum atomic E-state index is 12.6. The molecule has 0 radical (unpaired) electrons. The first-order valence-corrected chi connectivity index (χ1v) is 11.4. The highest BCUT2D eigenvalue weighted by atomic mass is 16.5. The standard InChI is InChI=1S/C23H30N4O5/c28-11-10-26(14-16-5-2-1-3-6-16)21(30)7-4-12-32-17-8-9-19-18(13-17)22(31)27-15-20(29)25-23(27)24-19/h8-9,13,16,28H,1-7,10-12,14-15H2,(H,24,25,29). The van der Waals surface area contributed by atoms with Crippen molar-refractivity contribution in [1.82, 2.24) is 14.5 Å². The molecule has 1 aromatic heterocycles. The third kappa shape index (κ3) is 5.09. The second-order valence-electron chi connectivity index (χ2n) is 8.57. The third-order valence-electron chi connectivity index (χ3n) is 6.21. The van der Waals surface area contributed by atoms with Crippen molar-refractivity contribution in [3.8, 4) is 5.75 Å². The Morgan fingerprint density at radius 1 is 1.25 bits per heavy atom. The maximum Gasteiger partial charge on any atom is 0.263 e. The molecule has 1 aliphatic heterocycles. The van der Waals surface area contributed by atoms with Crippen LogP contribution in [0, 0.1) is 5.92 Å². The van der Waals surface area contributed by atoms with E-state index in [0.29, 0.717) is 48.6 Å². The van der Waals surface area contributed by atoms with Crippen molar-refractivity contribution >= 4 is 28.7 Å². The lowest BCUT2D eigenvalue weighted by atomic mass is 9.89. The van der Waals surface area contributed by atoms with Crippen LogP contribution in [0.3, 0.4) is 0 Å². The van der Waals surface area contributed by atoms with Crippen molar-refractivity contribution in [1.29, 1.82) is 0 Å². The zero-order valence-electron chi connectivity index (χ0n) is 18.2. The molecule has 0 atom stereocenters. The number of aliphatic hydroxyl groups is 1. The minimum absolute atomic E-state index is 0.0273. The van der Waals surface area contributed by atoms with Crippen LogP contribution in [0.15, 0.2) is 23.0 Å². The van der Waals surface area contributed by atoms with E-state index in [1.54, 1.807) is 23.1 Å². The quantitative estimate of drug-likeness (QED) is 0.574. The van der Waals surface area contributed by atoms with Gasteiger partial charge in [0.05, 0.1) is 24.1 Å². The number of hydrogen-bond acceptors (Lipinski definition) is 6. The van der Waals surface area contributed by atoms with Crippen LogP contribution in [0.4, 0.5) is 5.95 Å². The summed E-state index contributed by atoms with van der Waals surface area (Å²) in [5, 5.41) is 12.3. The smallest absolute Gasteiger partial charge is 0.263 e. The summed E-state index contributed by atoms with van der Waals surface area (Å²) in [4.78, 5) is 42.9. The number of benzene rings is 1. The molecule has 2 amide bonds. The third-order valence-corrected chi connectivity index (χ3v) is 6.21. The van der Waals surface area contributed by atoms with E-state index in [9.17, 15) is 19.5 Å². The number of carbonyl (C=O) groups is 2. The van der Waals surface area contributed by atoms with Gasteiger partial charge in [-0.3, -0.25) is 24.3 Å². The second kappa shape index (κ2) is 10.1. The van der Waals surface area contributed by atoms with E-state index in [-0.39, 0.29) is 36.5 Å². The first kappa shape index (κ1) is 22.3. The minimum atomic E-state index is -0.286. The number of hydrogen-bond donors (Lipinski definition) is 2. The molecule has 2 N–H and O–H groups in total. The SMILES string of the molecule is O=C1Cn2c(nc3ccc(OCCCC(=O)N(CCO)CC4CCCCC4)cc3c2=O)N1. The summed E-state index contributed by atoms with van der Waals surface area (Å²) >= 11 is 0. The lowest BCUT2D eigenvalue weighted by Crippen LogP contribution is -2.38. The molecule has 1 saturated carbocycles. The van der Waals surface area contributed by atoms with Gasteiger partial charge in [0, 0.05) is 19.5 Å². The van der Waals surface area contributed by atoms with E-state index in [4.69, 9.17) is 4.74 Å². The fraction of sp³-hybridized carbons (Fsp3) is 0.565. The molecule has 2 aromatic rings. The Morgan fingerprint density at radius 3 is 2.84 bits per heavy atom. The molecule has 1 fully saturated rings. The van der Waals surface area contributed by atoms with Gasteiger partial charge in [0.2, 0.25) is 17.8 Å². The number of aliphatic hydroxyl groups excluding tert-OH is 1. The molecule has 9 nitrogen and oxygen atoms in total. The zero-order chi connectivity index (χ0) is 22.5. The molecule has 1 aliphatic carbocycles. The number of amides is 2. The average molecular weight is 443 g/mol. The molecule has 4 rings (SSSR count). The molecule has 0 unspecified atom stereocenters. The first-order valence-electron chi connectivity index (χ1n) is 11.4. The fourth-order valence-corrected chi connectivity index (χ4v) is 4.53. The van der Waals surface area contributed by atoms with Gasteiger partial charge in [0.15, 0.2) is 0 Å². The highest BCUT2D eigenvalue weighted by molar-refractivity contribution is 5.94. The Morgan fingerprint density at radius 2 is 2.06 bits per heavy atom. The van der Waals surface area contributed by atoms with Crippen LogP contribution >= 0.6 is 0 Å². The molecule has 9 heteroatoms. The summed E-state index contributed by atoms with van der Waals surface area (Å²) in [5.74, 6) is 1.11. The van der Waals surface area contributed by atoms with Gasteiger partial charge in [-0.25, -0.2) is 4.98 Å². The van der Waals surface area contributed by atoms with Crippen molar-refractivity contribution in [3.63, 3.8) is 0 Å². The predicted octanol–water partition coefficient (Wildman–Crippen LogP) is 1.91. The molecule has 0 bridgehead atoms. The molecule has 2 heterocycles. The number of nitrogens with one attached hydrogen (secondary N) is 1. The molecule has 0 saturated heterocycles. The minimum Gasteiger partial charge on any atom is -0.494 e. The van der Waals surface area contributed by atoms with Crippen molar-refractivity contribution in [2.45, 2.75) is 51.5 Å². The van der Waals surface area contributed by atoms with Crippen LogP contribution in [0.5, 0.6) is 5.75 Å². The van der Waals surface area contributed by atoms with Gasteiger partial charge in [0.25, 0.3) is 5.56 Å². The van der Waals surface area contributed by atoms with Crippen LogP contribution in [-0.2, 0) is 16.1 Å². The Bertz CT molecular complexity index is 1040. The van der Waals surface area contributed by atoms with Gasteiger partial charge in [-0.15, -0.1) is 0 Å². The van der Waals surface area contributed by atoms with Crippen molar-refractivity contribution < 1.29 is 19.4 Å². The van der Waals surface area contributed by atoms with Crippen molar-refractivity contribution in [2.75, 3.05) is 31.6 Å². The molecule has 32 heavy (non-hydrogen) atoms. The molecule has 0 spiro atoms. The van der Waals surface area contributed by atoms with Gasteiger partial charge >= 0.3 is 0 Å². The first-order chi connectivity index (χ1) is 15.5. The maximum absolute atomic E-state index is 12.6. The highest BCUT2D eigenvalue weighted by Crippen LogP contribution is 2.25. The van der Waals surface area contributed by atoms with Crippen molar-refractivity contribution in [2.24, 2.45) is 5.92 Å². The van der Waals surface area contributed by atoms with Crippen LogP contribution < -0.4 is 15.6 Å². The topological polar surface area (TPSA) is 114 Å². The number of aromatic nitrogens is 2. The van der Waals surface area contributed by atoms with Crippen LogP contribution in [0.2, 0.25) is 0 Å². The van der Waals surface area contributed by atoms with E-state index in [1.807, 2.05) is 0 Å². The lowest BCUT2D eigenvalue weighted by Gasteiger charge is -2.29. The van der Waals surface area contributed by atoms with Gasteiger partial charge in [0.1, 0.15) is 12.3 Å². The summed E-state index contributed by atoms with van der Waals surface area (Å²) in [6.45, 7) is 1.38. The van der Waals surface area contributed by atoms with Crippen molar-refractivity contribution in [3.05, 3.63) is 28.6 Å². The Hall–Kier alpha value is -2.94. The molecular weight excluding hydrogens is 412 g/mol. The van der Waals surface area contributed by atoms with E-state index in [1.165, 1.54) is 23.8 Å². The monoisotopic (exact) mass is 442 g/mol. The van der Waals surface area contributed by atoms with E-state index in [0.717, 1.165) is 19.4 Å². The van der Waals surface area contributed by atoms with Crippen LogP contribution in [-0.4, -0.2) is 57.7 Å². The van der Waals surface area contributed by atoms with Gasteiger partial charge < -0.3 is 14.7 Å². The van der Waals surface area contributed by atoms with Crippen LogP contribution in [0.25, 0.3) is 10.9 Å². The molecular formula is C23H30N4O5. The van der Waals surface area contributed by atoms with E-state index in [2.05, 4.69) is 10.3 Å². The molecule has 2 aliphatic rings.